The molecule has 0 unspecified atom stereocenters. The van der Waals surface area contributed by atoms with Crippen LogP contribution in [0.2, 0.25) is 0 Å². The highest BCUT2D eigenvalue weighted by molar-refractivity contribution is 6.07. The summed E-state index contributed by atoms with van der Waals surface area (Å²) < 4.78 is 0. The number of nitro groups is 1. The smallest absolute Gasteiger partial charge is 0.282 e. The summed E-state index contributed by atoms with van der Waals surface area (Å²) in [6.07, 6.45) is 0. The standard InChI is InChI=1S/C15H15N3O3/c1-10-6-7-14(18(20)21)12(8-10)15(19)17-13-5-3-2-4-11(13)9-16/h2-8H,9,16H2,1H3,(H,17,19). The van der Waals surface area contributed by atoms with Gasteiger partial charge in [0.25, 0.3) is 11.6 Å². The van der Waals surface area contributed by atoms with Gasteiger partial charge in [-0.1, -0.05) is 24.3 Å². The van der Waals surface area contributed by atoms with Crippen LogP contribution in [0.4, 0.5) is 11.4 Å². The quantitative estimate of drug-likeness (QED) is 0.666. The van der Waals surface area contributed by atoms with E-state index in [-0.39, 0.29) is 17.8 Å². The first-order valence-corrected chi connectivity index (χ1v) is 6.37. The number of rotatable bonds is 4. The van der Waals surface area contributed by atoms with Crippen molar-refractivity contribution in [1.82, 2.24) is 0 Å². The van der Waals surface area contributed by atoms with Crippen molar-refractivity contribution >= 4 is 17.3 Å². The number of nitrogens with two attached hydrogens (primary N) is 1. The van der Waals surface area contributed by atoms with Gasteiger partial charge >= 0.3 is 0 Å². The molecule has 1 amide bonds. The zero-order valence-electron chi connectivity index (χ0n) is 11.5. The predicted molar refractivity (Wildman–Crippen MR) is 80.1 cm³/mol. The van der Waals surface area contributed by atoms with Crippen molar-refractivity contribution in [2.45, 2.75) is 13.5 Å². The van der Waals surface area contributed by atoms with Crippen LogP contribution in [0.25, 0.3) is 0 Å². The normalized spacial score (nSPS) is 10.2. The van der Waals surface area contributed by atoms with Gasteiger partial charge in [0.2, 0.25) is 0 Å². The number of carbonyl (C=O) groups is 1. The van der Waals surface area contributed by atoms with E-state index in [1.807, 2.05) is 6.07 Å². The van der Waals surface area contributed by atoms with Gasteiger partial charge in [0, 0.05) is 18.3 Å². The van der Waals surface area contributed by atoms with Crippen molar-refractivity contribution in [3.8, 4) is 0 Å². The number of carbonyl (C=O) groups excluding carboxylic acids is 1. The van der Waals surface area contributed by atoms with Crippen molar-refractivity contribution in [3.63, 3.8) is 0 Å². The van der Waals surface area contributed by atoms with E-state index in [0.29, 0.717) is 5.69 Å². The van der Waals surface area contributed by atoms with E-state index in [0.717, 1.165) is 11.1 Å². The van der Waals surface area contributed by atoms with E-state index in [1.165, 1.54) is 12.1 Å². The van der Waals surface area contributed by atoms with Gasteiger partial charge in [-0.05, 0) is 30.2 Å². The summed E-state index contributed by atoms with van der Waals surface area (Å²) >= 11 is 0. The van der Waals surface area contributed by atoms with Crippen molar-refractivity contribution in [2.24, 2.45) is 5.73 Å². The van der Waals surface area contributed by atoms with Crippen LogP contribution in [0.5, 0.6) is 0 Å². The van der Waals surface area contributed by atoms with Crippen LogP contribution in [-0.2, 0) is 6.54 Å². The number of benzene rings is 2. The average molecular weight is 285 g/mol. The van der Waals surface area contributed by atoms with Gasteiger partial charge in [-0.15, -0.1) is 0 Å². The highest BCUT2D eigenvalue weighted by atomic mass is 16.6. The van der Waals surface area contributed by atoms with Gasteiger partial charge in [0.15, 0.2) is 0 Å². The molecule has 0 aliphatic rings. The fraction of sp³-hybridized carbons (Fsp3) is 0.133. The molecule has 0 atom stereocenters. The Kier molecular flexibility index (Phi) is 4.30. The van der Waals surface area contributed by atoms with Crippen LogP contribution in [0.3, 0.4) is 0 Å². The molecular formula is C15H15N3O3. The Balaban J connectivity index is 2.37. The molecule has 0 aliphatic carbocycles. The summed E-state index contributed by atoms with van der Waals surface area (Å²) in [6, 6.07) is 11.5. The Hall–Kier alpha value is -2.73. The lowest BCUT2D eigenvalue weighted by Gasteiger charge is -2.10. The van der Waals surface area contributed by atoms with E-state index in [9.17, 15) is 14.9 Å². The number of hydrogen-bond acceptors (Lipinski definition) is 4. The number of nitro benzene ring substituents is 1. The number of amides is 1. The first kappa shape index (κ1) is 14.7. The Bertz CT molecular complexity index is 698. The highest BCUT2D eigenvalue weighted by Gasteiger charge is 2.20. The molecule has 3 N–H and O–H groups in total. The van der Waals surface area contributed by atoms with Gasteiger partial charge in [0.05, 0.1) is 4.92 Å². The molecule has 2 rings (SSSR count). The third kappa shape index (κ3) is 3.24. The summed E-state index contributed by atoms with van der Waals surface area (Å²) in [6.45, 7) is 2.04. The van der Waals surface area contributed by atoms with Crippen LogP contribution in [-0.4, -0.2) is 10.8 Å². The molecule has 21 heavy (non-hydrogen) atoms. The summed E-state index contributed by atoms with van der Waals surface area (Å²) in [5.41, 5.74) is 7.52. The van der Waals surface area contributed by atoms with Crippen LogP contribution in [0.15, 0.2) is 42.5 Å². The number of anilines is 1. The molecule has 0 fully saturated rings. The maximum Gasteiger partial charge on any atom is 0.282 e. The molecule has 0 aliphatic heterocycles. The van der Waals surface area contributed by atoms with E-state index in [1.54, 1.807) is 31.2 Å². The fourth-order valence-electron chi connectivity index (χ4n) is 2.00. The summed E-state index contributed by atoms with van der Waals surface area (Å²) in [7, 11) is 0. The van der Waals surface area contributed by atoms with Gasteiger partial charge in [0.1, 0.15) is 5.56 Å². The number of aryl methyl sites for hydroxylation is 1. The molecule has 2 aromatic carbocycles. The molecule has 6 nitrogen and oxygen atoms in total. The monoisotopic (exact) mass is 285 g/mol. The molecule has 0 saturated carbocycles. The Labute approximate surface area is 121 Å². The maximum atomic E-state index is 12.3. The summed E-state index contributed by atoms with van der Waals surface area (Å²) in [5, 5.41) is 13.7. The topological polar surface area (TPSA) is 98.3 Å². The van der Waals surface area contributed by atoms with Gasteiger partial charge in [-0.25, -0.2) is 0 Å². The Morgan fingerprint density at radius 1 is 1.29 bits per heavy atom. The van der Waals surface area contributed by atoms with Crippen LogP contribution >= 0.6 is 0 Å². The SMILES string of the molecule is Cc1ccc([N+](=O)[O-])c(C(=O)Nc2ccccc2CN)c1. The molecule has 2 aromatic rings. The van der Waals surface area contributed by atoms with E-state index in [2.05, 4.69) is 5.32 Å². The van der Waals surface area contributed by atoms with Crippen LogP contribution in [0, 0.1) is 17.0 Å². The van der Waals surface area contributed by atoms with Crippen molar-refractivity contribution in [3.05, 3.63) is 69.3 Å². The van der Waals surface area contributed by atoms with Gasteiger partial charge in [-0.3, -0.25) is 14.9 Å². The maximum absolute atomic E-state index is 12.3. The largest absolute Gasteiger partial charge is 0.326 e. The van der Waals surface area contributed by atoms with E-state index < -0.39 is 10.8 Å². The molecule has 0 aromatic heterocycles. The fourth-order valence-corrected chi connectivity index (χ4v) is 2.00. The Morgan fingerprint density at radius 3 is 2.67 bits per heavy atom. The molecule has 0 bridgehead atoms. The number of nitrogens with zero attached hydrogens (tertiary/aromatic N) is 1. The zero-order valence-corrected chi connectivity index (χ0v) is 11.5. The number of para-hydroxylation sites is 1. The van der Waals surface area contributed by atoms with Gasteiger partial charge < -0.3 is 11.1 Å². The van der Waals surface area contributed by atoms with E-state index in [4.69, 9.17) is 5.73 Å². The minimum absolute atomic E-state index is 0.0341. The highest BCUT2D eigenvalue weighted by Crippen LogP contribution is 2.22. The van der Waals surface area contributed by atoms with Crippen molar-refractivity contribution < 1.29 is 9.72 Å². The average Bonchev–Trinajstić information content (AvgIpc) is 2.47. The van der Waals surface area contributed by atoms with Crippen LogP contribution < -0.4 is 11.1 Å². The van der Waals surface area contributed by atoms with E-state index >= 15 is 0 Å². The van der Waals surface area contributed by atoms with Crippen molar-refractivity contribution in [2.75, 3.05) is 5.32 Å². The Morgan fingerprint density at radius 2 is 2.00 bits per heavy atom. The number of hydrogen-bond donors (Lipinski definition) is 2. The first-order chi connectivity index (χ1) is 10.0. The lowest BCUT2D eigenvalue weighted by atomic mass is 10.1. The molecule has 0 spiro atoms. The van der Waals surface area contributed by atoms with Gasteiger partial charge in [-0.2, -0.15) is 0 Å². The minimum atomic E-state index is -0.566. The summed E-state index contributed by atoms with van der Waals surface area (Å²) in [5.74, 6) is -0.522. The predicted octanol–water partition coefficient (Wildman–Crippen LogP) is 2.61. The molecule has 108 valence electrons. The molecule has 0 heterocycles. The molecule has 6 heteroatoms. The second kappa shape index (κ2) is 6.15. The van der Waals surface area contributed by atoms with Crippen LogP contribution in [0.1, 0.15) is 21.5 Å². The first-order valence-electron chi connectivity index (χ1n) is 6.37. The summed E-state index contributed by atoms with van der Waals surface area (Å²) in [4.78, 5) is 22.8. The zero-order chi connectivity index (χ0) is 15.4. The second-order valence-electron chi connectivity index (χ2n) is 4.59. The lowest BCUT2D eigenvalue weighted by molar-refractivity contribution is -0.385. The van der Waals surface area contributed by atoms with Crippen molar-refractivity contribution in [1.29, 1.82) is 0 Å². The second-order valence-corrected chi connectivity index (χ2v) is 4.59. The molecule has 0 saturated heterocycles. The molecule has 0 radical (unpaired) electrons. The third-order valence-corrected chi connectivity index (χ3v) is 3.08. The lowest BCUT2D eigenvalue weighted by Crippen LogP contribution is -2.16. The molecular weight excluding hydrogens is 270 g/mol. The third-order valence-electron chi connectivity index (χ3n) is 3.08. The minimum Gasteiger partial charge on any atom is -0.326 e. The number of nitrogens with one attached hydrogen (secondary N) is 1.